The van der Waals surface area contributed by atoms with Crippen LogP contribution in [-0.2, 0) is 6.42 Å². The Bertz CT molecular complexity index is 668. The molecule has 1 fully saturated rings. The Hall–Kier alpha value is -2.06. The number of rotatable bonds is 4. The van der Waals surface area contributed by atoms with Gasteiger partial charge in [0, 0.05) is 38.4 Å². The number of anilines is 1. The summed E-state index contributed by atoms with van der Waals surface area (Å²) < 4.78 is 0. The molecular formula is C16H22N6OS. The Morgan fingerprint density at radius 1 is 1.29 bits per heavy atom. The number of pyridine rings is 1. The van der Waals surface area contributed by atoms with Gasteiger partial charge in [-0.05, 0) is 25.5 Å². The molecule has 0 saturated carbocycles. The Morgan fingerprint density at radius 2 is 2.08 bits per heavy atom. The first kappa shape index (κ1) is 16.8. The number of carbonyl (C=O) groups is 1. The van der Waals surface area contributed by atoms with Crippen molar-refractivity contribution in [2.24, 2.45) is 0 Å². The number of nitrogens with zero attached hydrogens (tertiary/aromatic N) is 5. The summed E-state index contributed by atoms with van der Waals surface area (Å²) in [5.41, 5.74) is 1.07. The van der Waals surface area contributed by atoms with Crippen LogP contribution in [0.4, 0.5) is 9.93 Å². The van der Waals surface area contributed by atoms with E-state index in [1.165, 1.54) is 11.3 Å². The predicted octanol–water partition coefficient (Wildman–Crippen LogP) is 2.41. The average Bonchev–Trinajstić information content (AvgIpc) is 3.09. The fourth-order valence-electron chi connectivity index (χ4n) is 2.74. The van der Waals surface area contributed by atoms with Gasteiger partial charge in [0.15, 0.2) is 0 Å². The number of amides is 2. The molecule has 3 heterocycles. The fourth-order valence-corrected chi connectivity index (χ4v) is 3.41. The molecule has 1 saturated heterocycles. The predicted molar refractivity (Wildman–Crippen MR) is 94.1 cm³/mol. The molecule has 3 rings (SSSR count). The van der Waals surface area contributed by atoms with Crippen LogP contribution in [0.1, 0.15) is 30.6 Å². The lowest BCUT2D eigenvalue weighted by atomic mass is 10.1. The standard InChI is InChI=1S/C16H22N6OS/c1-3-14-19-20-15(24-14)18-16(23)22-10-8-21(9-11-22)12(2)13-6-4-5-7-17-13/h4-7,12H,3,8-11H2,1-2H3,(H,18,20,23). The first-order valence-electron chi connectivity index (χ1n) is 8.20. The average molecular weight is 346 g/mol. The van der Waals surface area contributed by atoms with Gasteiger partial charge >= 0.3 is 6.03 Å². The maximum absolute atomic E-state index is 12.3. The van der Waals surface area contributed by atoms with Gasteiger partial charge in [0.1, 0.15) is 5.01 Å². The number of aryl methyl sites for hydroxylation is 1. The SMILES string of the molecule is CCc1nnc(NC(=O)N2CCN(C(C)c3ccccn3)CC2)s1. The van der Waals surface area contributed by atoms with E-state index in [1.54, 1.807) is 0 Å². The highest BCUT2D eigenvalue weighted by Gasteiger charge is 2.25. The number of piperazine rings is 1. The molecule has 1 aliphatic heterocycles. The van der Waals surface area contributed by atoms with Crippen molar-refractivity contribution >= 4 is 22.5 Å². The summed E-state index contributed by atoms with van der Waals surface area (Å²) in [7, 11) is 0. The van der Waals surface area contributed by atoms with Gasteiger partial charge < -0.3 is 4.90 Å². The summed E-state index contributed by atoms with van der Waals surface area (Å²) in [5, 5.41) is 12.4. The number of carbonyl (C=O) groups excluding carboxylic acids is 1. The third-order valence-electron chi connectivity index (χ3n) is 4.25. The largest absolute Gasteiger partial charge is 0.323 e. The molecule has 2 aromatic rings. The highest BCUT2D eigenvalue weighted by molar-refractivity contribution is 7.15. The molecule has 7 nitrogen and oxygen atoms in total. The highest BCUT2D eigenvalue weighted by Crippen LogP contribution is 2.20. The van der Waals surface area contributed by atoms with Crippen LogP contribution >= 0.6 is 11.3 Å². The minimum absolute atomic E-state index is 0.0982. The number of aromatic nitrogens is 3. The number of nitrogens with one attached hydrogen (secondary N) is 1. The lowest BCUT2D eigenvalue weighted by molar-refractivity contribution is 0.118. The Morgan fingerprint density at radius 3 is 2.71 bits per heavy atom. The van der Waals surface area contributed by atoms with Crippen LogP contribution in [0.5, 0.6) is 0 Å². The van der Waals surface area contributed by atoms with Gasteiger partial charge in [0.25, 0.3) is 0 Å². The minimum atomic E-state index is -0.0982. The van der Waals surface area contributed by atoms with Crippen LogP contribution in [0, 0.1) is 0 Å². The molecular weight excluding hydrogens is 324 g/mol. The maximum atomic E-state index is 12.3. The second-order valence-electron chi connectivity index (χ2n) is 5.74. The van der Waals surface area contributed by atoms with Gasteiger partial charge in [0.05, 0.1) is 5.69 Å². The lowest BCUT2D eigenvalue weighted by Gasteiger charge is -2.37. The van der Waals surface area contributed by atoms with E-state index < -0.39 is 0 Å². The van der Waals surface area contributed by atoms with Crippen molar-refractivity contribution in [3.05, 3.63) is 35.1 Å². The van der Waals surface area contributed by atoms with E-state index in [4.69, 9.17) is 0 Å². The zero-order chi connectivity index (χ0) is 16.9. The minimum Gasteiger partial charge on any atom is -0.322 e. The molecule has 0 bridgehead atoms. The van der Waals surface area contributed by atoms with Crippen LogP contribution in [0.2, 0.25) is 0 Å². The normalized spacial score (nSPS) is 16.8. The van der Waals surface area contributed by atoms with E-state index in [1.807, 2.05) is 36.2 Å². The fraction of sp³-hybridized carbons (Fsp3) is 0.500. The molecule has 0 spiro atoms. The van der Waals surface area contributed by atoms with Crippen LogP contribution in [0.25, 0.3) is 0 Å². The Kier molecular flexibility index (Phi) is 5.37. The second kappa shape index (κ2) is 7.67. The summed E-state index contributed by atoms with van der Waals surface area (Å²) in [5.74, 6) is 0. The first-order chi connectivity index (χ1) is 11.7. The summed E-state index contributed by atoms with van der Waals surface area (Å²) in [6.07, 6.45) is 2.65. The van der Waals surface area contributed by atoms with E-state index in [2.05, 4.69) is 32.3 Å². The van der Waals surface area contributed by atoms with E-state index >= 15 is 0 Å². The molecule has 0 aliphatic carbocycles. The van der Waals surface area contributed by atoms with Gasteiger partial charge in [-0.25, -0.2) is 4.79 Å². The molecule has 24 heavy (non-hydrogen) atoms. The highest BCUT2D eigenvalue weighted by atomic mass is 32.1. The van der Waals surface area contributed by atoms with Crippen LogP contribution in [0.15, 0.2) is 24.4 Å². The molecule has 1 atom stereocenters. The van der Waals surface area contributed by atoms with Crippen molar-refractivity contribution in [1.29, 1.82) is 0 Å². The van der Waals surface area contributed by atoms with E-state index in [0.717, 1.165) is 30.2 Å². The van der Waals surface area contributed by atoms with Crippen molar-refractivity contribution in [2.45, 2.75) is 26.3 Å². The third kappa shape index (κ3) is 3.88. The molecule has 2 amide bonds. The first-order valence-corrected chi connectivity index (χ1v) is 9.02. The number of hydrogen-bond donors (Lipinski definition) is 1. The second-order valence-corrected chi connectivity index (χ2v) is 6.80. The van der Waals surface area contributed by atoms with Gasteiger partial charge in [-0.1, -0.05) is 24.3 Å². The van der Waals surface area contributed by atoms with E-state index in [0.29, 0.717) is 18.2 Å². The summed E-state index contributed by atoms with van der Waals surface area (Å²) in [6.45, 7) is 7.24. The van der Waals surface area contributed by atoms with Crippen LogP contribution in [0.3, 0.4) is 0 Å². The molecule has 1 unspecified atom stereocenters. The zero-order valence-corrected chi connectivity index (χ0v) is 14.8. The molecule has 8 heteroatoms. The van der Waals surface area contributed by atoms with Gasteiger partial charge in [-0.2, -0.15) is 0 Å². The monoisotopic (exact) mass is 346 g/mol. The Labute approximate surface area is 145 Å². The number of hydrogen-bond acceptors (Lipinski definition) is 6. The van der Waals surface area contributed by atoms with Gasteiger partial charge in [0.2, 0.25) is 5.13 Å². The summed E-state index contributed by atoms with van der Waals surface area (Å²) >= 11 is 1.43. The van der Waals surface area contributed by atoms with Gasteiger partial charge in [-0.3, -0.25) is 15.2 Å². The topological polar surface area (TPSA) is 74.2 Å². The maximum Gasteiger partial charge on any atom is 0.323 e. The summed E-state index contributed by atoms with van der Waals surface area (Å²) in [4.78, 5) is 20.9. The Balaban J connectivity index is 1.52. The molecule has 128 valence electrons. The zero-order valence-electron chi connectivity index (χ0n) is 14.0. The third-order valence-corrected chi connectivity index (χ3v) is 5.23. The van der Waals surface area contributed by atoms with E-state index in [9.17, 15) is 4.79 Å². The van der Waals surface area contributed by atoms with Crippen molar-refractivity contribution in [1.82, 2.24) is 25.0 Å². The molecule has 1 aliphatic rings. The van der Waals surface area contributed by atoms with Crippen LogP contribution < -0.4 is 5.32 Å². The van der Waals surface area contributed by atoms with Gasteiger partial charge in [-0.15, -0.1) is 10.2 Å². The quantitative estimate of drug-likeness (QED) is 0.920. The number of urea groups is 1. The van der Waals surface area contributed by atoms with Crippen molar-refractivity contribution in [2.75, 3.05) is 31.5 Å². The van der Waals surface area contributed by atoms with Crippen molar-refractivity contribution < 1.29 is 4.79 Å². The van der Waals surface area contributed by atoms with E-state index in [-0.39, 0.29) is 12.1 Å². The smallest absolute Gasteiger partial charge is 0.322 e. The van der Waals surface area contributed by atoms with Crippen molar-refractivity contribution in [3.8, 4) is 0 Å². The lowest BCUT2D eigenvalue weighted by Crippen LogP contribution is -2.50. The molecule has 0 aromatic carbocycles. The molecule has 1 N–H and O–H groups in total. The molecule has 0 radical (unpaired) electrons. The molecule has 2 aromatic heterocycles. The van der Waals surface area contributed by atoms with Crippen LogP contribution in [-0.4, -0.2) is 57.2 Å². The van der Waals surface area contributed by atoms with Crippen molar-refractivity contribution in [3.63, 3.8) is 0 Å². The summed E-state index contributed by atoms with van der Waals surface area (Å²) in [6, 6.07) is 6.14.